The summed E-state index contributed by atoms with van der Waals surface area (Å²) in [5.74, 6) is 0. The van der Waals surface area contributed by atoms with Gasteiger partial charge in [-0.05, 0) is 24.0 Å². The minimum Gasteiger partial charge on any atom is -0.383 e. The summed E-state index contributed by atoms with van der Waals surface area (Å²) in [6.07, 6.45) is 0.814. The summed E-state index contributed by atoms with van der Waals surface area (Å²) in [6.45, 7) is 6.23. The van der Waals surface area contributed by atoms with Gasteiger partial charge in [0, 0.05) is 6.54 Å². The van der Waals surface area contributed by atoms with Crippen LogP contribution in [-0.2, 0) is 9.84 Å². The third kappa shape index (κ3) is 3.65. The van der Waals surface area contributed by atoms with Crippen LogP contribution in [0.5, 0.6) is 0 Å². The van der Waals surface area contributed by atoms with E-state index in [0.29, 0.717) is 6.54 Å². The Morgan fingerprint density at radius 1 is 1.15 bits per heavy atom. The summed E-state index contributed by atoms with van der Waals surface area (Å²) in [6, 6.07) is 5.07. The van der Waals surface area contributed by atoms with Gasteiger partial charge in [0.15, 0.2) is 0 Å². The molecular formula is C13H18F3NO2S. The van der Waals surface area contributed by atoms with Gasteiger partial charge in [0.1, 0.15) is 0 Å². The Hall–Kier alpha value is -1.24. The van der Waals surface area contributed by atoms with E-state index in [9.17, 15) is 21.6 Å². The minimum atomic E-state index is -5.34. The number of anilines is 1. The molecule has 0 amide bonds. The lowest BCUT2D eigenvalue weighted by Gasteiger charge is -2.24. The molecule has 1 aromatic rings. The van der Waals surface area contributed by atoms with Gasteiger partial charge in [0.2, 0.25) is 0 Å². The SMILES string of the molecule is CCC(C)(C)CNc1ccccc1S(=O)(=O)C(F)(F)F. The molecule has 1 N–H and O–H groups in total. The Balaban J connectivity index is 3.14. The van der Waals surface area contributed by atoms with Crippen molar-refractivity contribution in [1.82, 2.24) is 0 Å². The van der Waals surface area contributed by atoms with Crippen molar-refractivity contribution in [3.05, 3.63) is 24.3 Å². The highest BCUT2D eigenvalue weighted by molar-refractivity contribution is 7.92. The van der Waals surface area contributed by atoms with Crippen molar-refractivity contribution in [1.29, 1.82) is 0 Å². The molecule has 1 aromatic carbocycles. The molecule has 0 aliphatic heterocycles. The fraction of sp³-hybridized carbons (Fsp3) is 0.538. The van der Waals surface area contributed by atoms with E-state index in [2.05, 4.69) is 5.32 Å². The van der Waals surface area contributed by atoms with Crippen LogP contribution in [0.15, 0.2) is 29.2 Å². The molecule has 0 fully saturated rings. The summed E-state index contributed by atoms with van der Waals surface area (Å²) in [7, 11) is -5.34. The van der Waals surface area contributed by atoms with Crippen LogP contribution in [0.4, 0.5) is 18.9 Å². The summed E-state index contributed by atoms with van der Waals surface area (Å²) < 4.78 is 60.9. The van der Waals surface area contributed by atoms with Gasteiger partial charge in [-0.15, -0.1) is 0 Å². The van der Waals surface area contributed by atoms with Gasteiger partial charge in [-0.2, -0.15) is 13.2 Å². The van der Waals surface area contributed by atoms with Crippen LogP contribution in [0.25, 0.3) is 0 Å². The maximum Gasteiger partial charge on any atom is 0.501 e. The first-order valence-electron chi connectivity index (χ1n) is 6.15. The molecule has 0 saturated carbocycles. The van der Waals surface area contributed by atoms with Crippen molar-refractivity contribution < 1.29 is 21.6 Å². The van der Waals surface area contributed by atoms with Crippen LogP contribution in [-0.4, -0.2) is 20.5 Å². The molecule has 3 nitrogen and oxygen atoms in total. The van der Waals surface area contributed by atoms with Gasteiger partial charge >= 0.3 is 5.51 Å². The number of para-hydroxylation sites is 1. The fourth-order valence-electron chi connectivity index (χ4n) is 1.43. The largest absolute Gasteiger partial charge is 0.501 e. The number of alkyl halides is 3. The van der Waals surface area contributed by atoms with E-state index in [1.54, 1.807) is 0 Å². The predicted molar refractivity (Wildman–Crippen MR) is 72.2 cm³/mol. The molecule has 20 heavy (non-hydrogen) atoms. The quantitative estimate of drug-likeness (QED) is 0.899. The average Bonchev–Trinajstić information content (AvgIpc) is 2.35. The average molecular weight is 309 g/mol. The first-order valence-corrected chi connectivity index (χ1v) is 7.64. The van der Waals surface area contributed by atoms with Gasteiger partial charge in [-0.1, -0.05) is 32.9 Å². The molecule has 114 valence electrons. The molecule has 0 aromatic heterocycles. The highest BCUT2D eigenvalue weighted by Gasteiger charge is 2.47. The molecule has 1 rings (SSSR count). The van der Waals surface area contributed by atoms with Crippen molar-refractivity contribution in [3.63, 3.8) is 0 Å². The molecule has 7 heteroatoms. The van der Waals surface area contributed by atoms with Crippen LogP contribution in [0.2, 0.25) is 0 Å². The zero-order chi connectivity index (χ0) is 15.6. The number of halogens is 3. The third-order valence-electron chi connectivity index (χ3n) is 3.20. The minimum absolute atomic E-state index is 0.0219. The summed E-state index contributed by atoms with van der Waals surface area (Å²) in [4.78, 5) is -0.737. The first kappa shape index (κ1) is 16.8. The van der Waals surface area contributed by atoms with E-state index >= 15 is 0 Å². The molecule has 0 heterocycles. The Morgan fingerprint density at radius 2 is 1.70 bits per heavy atom. The molecule has 0 aliphatic rings. The van der Waals surface area contributed by atoms with Gasteiger partial charge in [-0.3, -0.25) is 0 Å². The van der Waals surface area contributed by atoms with Crippen LogP contribution in [0, 0.1) is 5.41 Å². The number of hydrogen-bond donors (Lipinski definition) is 1. The van der Waals surface area contributed by atoms with E-state index in [4.69, 9.17) is 0 Å². The lowest BCUT2D eigenvalue weighted by molar-refractivity contribution is -0.0435. The van der Waals surface area contributed by atoms with Crippen LogP contribution in [0.1, 0.15) is 27.2 Å². The lowest BCUT2D eigenvalue weighted by atomic mass is 9.90. The van der Waals surface area contributed by atoms with Crippen molar-refractivity contribution in [3.8, 4) is 0 Å². The van der Waals surface area contributed by atoms with Crippen LogP contribution < -0.4 is 5.32 Å². The summed E-state index contributed by atoms with van der Waals surface area (Å²) in [5, 5.41) is 2.80. The van der Waals surface area contributed by atoms with Crippen LogP contribution >= 0.6 is 0 Å². The second-order valence-electron chi connectivity index (χ2n) is 5.32. The maximum absolute atomic E-state index is 12.6. The molecule has 0 bridgehead atoms. The lowest BCUT2D eigenvalue weighted by Crippen LogP contribution is -2.26. The third-order valence-corrected chi connectivity index (χ3v) is 4.74. The van der Waals surface area contributed by atoms with Gasteiger partial charge in [0.25, 0.3) is 9.84 Å². The summed E-state index contributed by atoms with van der Waals surface area (Å²) >= 11 is 0. The number of benzene rings is 1. The first-order chi connectivity index (χ1) is 9.01. The van der Waals surface area contributed by atoms with Crippen molar-refractivity contribution >= 4 is 15.5 Å². The topological polar surface area (TPSA) is 46.2 Å². The Morgan fingerprint density at radius 3 is 2.20 bits per heavy atom. The van der Waals surface area contributed by atoms with Crippen LogP contribution in [0.3, 0.4) is 0 Å². The van der Waals surface area contributed by atoms with Crippen molar-refractivity contribution in [2.75, 3.05) is 11.9 Å². The zero-order valence-corrected chi connectivity index (χ0v) is 12.4. The second kappa shape index (κ2) is 5.63. The van der Waals surface area contributed by atoms with Gasteiger partial charge in [-0.25, -0.2) is 8.42 Å². The van der Waals surface area contributed by atoms with E-state index in [1.165, 1.54) is 18.2 Å². The van der Waals surface area contributed by atoms with E-state index < -0.39 is 20.2 Å². The van der Waals surface area contributed by atoms with Crippen molar-refractivity contribution in [2.45, 2.75) is 37.6 Å². The Labute approximate surface area is 117 Å². The predicted octanol–water partition coefficient (Wildman–Crippen LogP) is 3.83. The molecule has 0 saturated heterocycles. The standard InChI is InChI=1S/C13H18F3NO2S/c1-4-12(2,3)9-17-10-7-5-6-8-11(10)20(18,19)13(14,15)16/h5-8,17H,4,9H2,1-3H3. The monoisotopic (exact) mass is 309 g/mol. The molecule has 0 unspecified atom stereocenters. The van der Waals surface area contributed by atoms with E-state index in [1.807, 2.05) is 20.8 Å². The molecule has 0 spiro atoms. The second-order valence-corrected chi connectivity index (χ2v) is 7.23. The normalized spacial score (nSPS) is 13.3. The smallest absolute Gasteiger partial charge is 0.383 e. The maximum atomic E-state index is 12.6. The van der Waals surface area contributed by atoms with E-state index in [0.717, 1.165) is 12.5 Å². The number of nitrogens with one attached hydrogen (secondary N) is 1. The van der Waals surface area contributed by atoms with Gasteiger partial charge in [0.05, 0.1) is 10.6 Å². The fourth-order valence-corrected chi connectivity index (χ4v) is 2.37. The Bertz CT molecular complexity index is 565. The molecule has 0 radical (unpaired) electrons. The summed E-state index contributed by atoms with van der Waals surface area (Å²) in [5.41, 5.74) is -5.47. The van der Waals surface area contributed by atoms with Crippen molar-refractivity contribution in [2.24, 2.45) is 5.41 Å². The number of sulfone groups is 1. The molecule has 0 atom stereocenters. The highest BCUT2D eigenvalue weighted by Crippen LogP contribution is 2.34. The Kier molecular flexibility index (Phi) is 4.74. The molecule has 0 aliphatic carbocycles. The number of rotatable bonds is 5. The zero-order valence-electron chi connectivity index (χ0n) is 11.6. The van der Waals surface area contributed by atoms with E-state index in [-0.39, 0.29) is 11.1 Å². The highest BCUT2D eigenvalue weighted by atomic mass is 32.2. The van der Waals surface area contributed by atoms with Gasteiger partial charge < -0.3 is 5.32 Å². The molecular weight excluding hydrogens is 291 g/mol. The number of hydrogen-bond acceptors (Lipinski definition) is 3.